The van der Waals surface area contributed by atoms with E-state index in [2.05, 4.69) is 59.6 Å². The lowest BCUT2D eigenvalue weighted by Crippen LogP contribution is -2.24. The number of carbonyl (C=O) groups excluding carboxylic acids is 1. The van der Waals surface area contributed by atoms with Gasteiger partial charge in [-0.1, -0.05) is 35.9 Å². The van der Waals surface area contributed by atoms with E-state index in [9.17, 15) is 4.79 Å². The molecule has 4 rings (SSSR count). The first-order valence-corrected chi connectivity index (χ1v) is 10.6. The summed E-state index contributed by atoms with van der Waals surface area (Å²) in [5.41, 5.74) is 3.95. The van der Waals surface area contributed by atoms with Crippen LogP contribution >= 0.6 is 11.3 Å². The Morgan fingerprint density at radius 3 is 2.60 bits per heavy atom. The molecule has 0 aliphatic heterocycles. The van der Waals surface area contributed by atoms with Crippen molar-refractivity contribution in [2.45, 2.75) is 46.1 Å². The average molecular weight is 422 g/mol. The molecule has 4 aromatic rings. The first kappa shape index (κ1) is 20.2. The summed E-state index contributed by atoms with van der Waals surface area (Å²) in [6.07, 6.45) is 0.393. The minimum atomic E-state index is -0.543. The third-order valence-corrected chi connectivity index (χ3v) is 5.35. The molecule has 0 radical (unpaired) electrons. The van der Waals surface area contributed by atoms with Gasteiger partial charge < -0.3 is 9.15 Å². The van der Waals surface area contributed by atoms with Crippen LogP contribution in [0.5, 0.6) is 0 Å². The molecule has 0 saturated carbocycles. The largest absolute Gasteiger partial charge is 0.460 e. The zero-order chi connectivity index (χ0) is 21.3. The Bertz CT molecular complexity index is 1200. The molecule has 154 valence electrons. The molecule has 0 spiro atoms. The van der Waals surface area contributed by atoms with E-state index in [1.54, 1.807) is 11.3 Å². The molecule has 0 atom stereocenters. The summed E-state index contributed by atoms with van der Waals surface area (Å²) in [7, 11) is 0. The second kappa shape index (κ2) is 7.99. The molecule has 0 saturated heterocycles. The highest BCUT2D eigenvalue weighted by Crippen LogP contribution is 2.29. The quantitative estimate of drug-likeness (QED) is 0.416. The van der Waals surface area contributed by atoms with Gasteiger partial charge in [0.15, 0.2) is 0 Å². The molecule has 6 nitrogen and oxygen atoms in total. The number of hydrogen-bond donors (Lipinski definition) is 0. The fourth-order valence-electron chi connectivity index (χ4n) is 3.12. The monoisotopic (exact) mass is 421 g/mol. The van der Waals surface area contributed by atoms with E-state index in [1.807, 2.05) is 20.8 Å². The molecule has 0 amide bonds. The average Bonchev–Trinajstić information content (AvgIpc) is 3.25. The molecule has 2 aromatic heterocycles. The van der Waals surface area contributed by atoms with Crippen molar-refractivity contribution in [2.24, 2.45) is 0 Å². The lowest BCUT2D eigenvalue weighted by Gasteiger charge is -2.18. The van der Waals surface area contributed by atoms with Crippen molar-refractivity contribution in [1.82, 2.24) is 15.2 Å². The number of benzene rings is 2. The number of esters is 1. The van der Waals surface area contributed by atoms with Crippen molar-refractivity contribution in [2.75, 3.05) is 0 Å². The van der Waals surface area contributed by atoms with Crippen molar-refractivity contribution in [1.29, 1.82) is 0 Å². The van der Waals surface area contributed by atoms with Crippen LogP contribution in [0, 0.1) is 6.92 Å². The molecule has 0 N–H and O–H groups in total. The van der Waals surface area contributed by atoms with Crippen LogP contribution in [0.1, 0.15) is 43.1 Å². The molecule has 0 aliphatic rings. The summed E-state index contributed by atoms with van der Waals surface area (Å²) in [6, 6.07) is 14.7. The van der Waals surface area contributed by atoms with Gasteiger partial charge in [-0.25, -0.2) is 4.98 Å². The summed E-state index contributed by atoms with van der Waals surface area (Å²) in [5.74, 6) is 0.301. The van der Waals surface area contributed by atoms with Gasteiger partial charge in [0.05, 0.1) is 16.6 Å². The predicted octanol–water partition coefficient (Wildman–Crippen LogP) is 5.13. The van der Waals surface area contributed by atoms with Crippen LogP contribution < -0.4 is 0 Å². The Morgan fingerprint density at radius 2 is 1.83 bits per heavy atom. The number of aryl methyl sites for hydroxylation is 1. The number of carbonyl (C=O) groups is 1. The maximum Gasteiger partial charge on any atom is 0.315 e. The molecule has 30 heavy (non-hydrogen) atoms. The van der Waals surface area contributed by atoms with E-state index in [-0.39, 0.29) is 18.3 Å². The molecule has 0 aliphatic carbocycles. The number of fused-ring (bicyclic) bond motifs is 1. The highest BCUT2D eigenvalue weighted by molar-refractivity contribution is 7.18. The zero-order valence-corrected chi connectivity index (χ0v) is 18.2. The van der Waals surface area contributed by atoms with Crippen molar-refractivity contribution in [3.05, 3.63) is 64.8 Å². The summed E-state index contributed by atoms with van der Waals surface area (Å²) in [4.78, 5) is 16.7. The van der Waals surface area contributed by atoms with Gasteiger partial charge in [-0.3, -0.25) is 4.79 Å². The normalized spacial score (nSPS) is 11.7. The summed E-state index contributed by atoms with van der Waals surface area (Å²) >= 11 is 1.60. The molecular weight excluding hydrogens is 398 g/mol. The van der Waals surface area contributed by atoms with E-state index in [4.69, 9.17) is 14.1 Å². The van der Waals surface area contributed by atoms with Gasteiger partial charge in [0.25, 0.3) is 0 Å². The maximum atomic E-state index is 11.9. The Morgan fingerprint density at radius 1 is 1.07 bits per heavy atom. The number of rotatable bonds is 5. The van der Waals surface area contributed by atoms with E-state index in [0.717, 1.165) is 20.8 Å². The van der Waals surface area contributed by atoms with Crippen molar-refractivity contribution >= 4 is 27.5 Å². The van der Waals surface area contributed by atoms with Gasteiger partial charge in [-0.15, -0.1) is 21.5 Å². The molecule has 0 bridgehead atoms. The van der Waals surface area contributed by atoms with E-state index >= 15 is 0 Å². The number of hydrogen-bond acceptors (Lipinski definition) is 7. The topological polar surface area (TPSA) is 78.1 Å². The van der Waals surface area contributed by atoms with Gasteiger partial charge in [0, 0.05) is 0 Å². The molecule has 0 fully saturated rings. The predicted molar refractivity (Wildman–Crippen MR) is 116 cm³/mol. The van der Waals surface area contributed by atoms with Gasteiger partial charge in [-0.2, -0.15) is 0 Å². The molecular formula is C23H23N3O3S. The van der Waals surface area contributed by atoms with E-state index < -0.39 is 5.60 Å². The standard InChI is InChI=1S/C23H23N3O3S/c1-14-6-5-7-15(10-14)16-8-9-18-17(11-16)24-21(30-18)12-19-25-26-20(28-19)13-22(27)29-23(2,3)4/h5-11H,12-13H2,1-4H3. The smallest absolute Gasteiger partial charge is 0.315 e. The van der Waals surface area contributed by atoms with Crippen LogP contribution in [-0.4, -0.2) is 26.8 Å². The van der Waals surface area contributed by atoms with Gasteiger partial charge in [-0.05, 0) is 51.0 Å². The molecule has 2 heterocycles. The first-order chi connectivity index (χ1) is 14.2. The van der Waals surface area contributed by atoms with Gasteiger partial charge >= 0.3 is 5.97 Å². The van der Waals surface area contributed by atoms with Crippen LogP contribution in [0.2, 0.25) is 0 Å². The SMILES string of the molecule is Cc1cccc(-c2ccc3sc(Cc4nnc(CC(=O)OC(C)(C)C)o4)nc3c2)c1. The second-order valence-corrected chi connectivity index (χ2v) is 9.30. The third-order valence-electron chi connectivity index (χ3n) is 4.31. The number of aromatic nitrogens is 3. The fraction of sp³-hybridized carbons (Fsp3) is 0.304. The van der Waals surface area contributed by atoms with Gasteiger partial charge in [0.2, 0.25) is 11.8 Å². The second-order valence-electron chi connectivity index (χ2n) is 8.19. The molecule has 2 aromatic carbocycles. The third kappa shape index (κ3) is 4.91. The minimum absolute atomic E-state index is 0.0377. The summed E-state index contributed by atoms with van der Waals surface area (Å²) in [6.45, 7) is 7.55. The van der Waals surface area contributed by atoms with Crippen molar-refractivity contribution < 1.29 is 13.9 Å². The Balaban J connectivity index is 1.48. The lowest BCUT2D eigenvalue weighted by atomic mass is 10.0. The van der Waals surface area contributed by atoms with Crippen LogP contribution in [-0.2, 0) is 22.4 Å². The number of nitrogens with zero attached hydrogens (tertiary/aromatic N) is 3. The Hall–Kier alpha value is -3.06. The highest BCUT2D eigenvalue weighted by Gasteiger charge is 2.19. The summed E-state index contributed by atoms with van der Waals surface area (Å²) in [5, 5.41) is 8.89. The van der Waals surface area contributed by atoms with Crippen LogP contribution in [0.3, 0.4) is 0 Å². The number of thiazole rings is 1. The molecule has 0 unspecified atom stereocenters. The highest BCUT2D eigenvalue weighted by atomic mass is 32.1. The lowest BCUT2D eigenvalue weighted by molar-refractivity contribution is -0.154. The fourth-order valence-corrected chi connectivity index (χ4v) is 4.06. The van der Waals surface area contributed by atoms with E-state index in [1.165, 1.54) is 11.1 Å². The number of ether oxygens (including phenoxy) is 1. The Kier molecular flexibility index (Phi) is 5.39. The zero-order valence-electron chi connectivity index (χ0n) is 17.4. The Labute approximate surface area is 178 Å². The molecule has 7 heteroatoms. The van der Waals surface area contributed by atoms with Crippen LogP contribution in [0.4, 0.5) is 0 Å². The van der Waals surface area contributed by atoms with Crippen molar-refractivity contribution in [3.8, 4) is 11.1 Å². The van der Waals surface area contributed by atoms with Gasteiger partial charge in [0.1, 0.15) is 17.0 Å². The van der Waals surface area contributed by atoms with Crippen molar-refractivity contribution in [3.63, 3.8) is 0 Å². The first-order valence-electron chi connectivity index (χ1n) is 9.75. The minimum Gasteiger partial charge on any atom is -0.460 e. The maximum absolute atomic E-state index is 11.9. The van der Waals surface area contributed by atoms with E-state index in [0.29, 0.717) is 12.3 Å². The van der Waals surface area contributed by atoms with Crippen LogP contribution in [0.15, 0.2) is 46.9 Å². The van der Waals surface area contributed by atoms with Crippen LogP contribution in [0.25, 0.3) is 21.3 Å². The summed E-state index contributed by atoms with van der Waals surface area (Å²) < 4.78 is 12.0.